The number of nitrogens with one attached hydrogen (secondary N) is 1. The molecule has 132 valence electrons. The van der Waals surface area contributed by atoms with Crippen molar-refractivity contribution in [3.63, 3.8) is 0 Å². The van der Waals surface area contributed by atoms with Crippen molar-refractivity contribution in [2.45, 2.75) is 19.1 Å². The Balaban J connectivity index is 1.99. The summed E-state index contributed by atoms with van der Waals surface area (Å²) in [5, 5.41) is 11.5. The number of aromatic nitrogens is 1. The first-order valence-electron chi connectivity index (χ1n) is 7.87. The van der Waals surface area contributed by atoms with Gasteiger partial charge in [0.05, 0.1) is 13.0 Å². The highest BCUT2D eigenvalue weighted by molar-refractivity contribution is 7.98. The van der Waals surface area contributed by atoms with Crippen LogP contribution in [0.1, 0.15) is 29.3 Å². The zero-order chi connectivity index (χ0) is 18.1. The van der Waals surface area contributed by atoms with Crippen molar-refractivity contribution in [2.75, 3.05) is 17.7 Å². The van der Waals surface area contributed by atoms with E-state index in [2.05, 4.69) is 10.3 Å². The molecule has 7 heteroatoms. The largest absolute Gasteiger partial charge is 0.481 e. The lowest BCUT2D eigenvalue weighted by Gasteiger charge is -2.10. The summed E-state index contributed by atoms with van der Waals surface area (Å²) in [6.07, 6.45) is 1.72. The second-order valence-electron chi connectivity index (χ2n) is 5.14. The molecular weight excluding hydrogens is 340 g/mol. The van der Waals surface area contributed by atoms with E-state index in [1.165, 1.54) is 0 Å². The molecule has 0 saturated carbocycles. The molecule has 0 aliphatic rings. The Morgan fingerprint density at radius 1 is 1.28 bits per heavy atom. The molecule has 2 aromatic rings. The molecule has 0 fully saturated rings. The van der Waals surface area contributed by atoms with E-state index in [9.17, 15) is 9.59 Å². The van der Waals surface area contributed by atoms with Crippen molar-refractivity contribution in [1.82, 2.24) is 4.98 Å². The van der Waals surface area contributed by atoms with Crippen LogP contribution in [0.25, 0.3) is 0 Å². The molecule has 2 N–H and O–H groups in total. The topological polar surface area (TPSA) is 88.5 Å². The number of amides is 1. The van der Waals surface area contributed by atoms with Gasteiger partial charge in [-0.15, -0.1) is 0 Å². The maximum atomic E-state index is 12.5. The molecule has 25 heavy (non-hydrogen) atoms. The van der Waals surface area contributed by atoms with Gasteiger partial charge in [0.2, 0.25) is 5.88 Å². The first-order chi connectivity index (χ1) is 12.1. The molecule has 6 nitrogen and oxygen atoms in total. The maximum absolute atomic E-state index is 12.5. The third-order valence-electron chi connectivity index (χ3n) is 3.21. The summed E-state index contributed by atoms with van der Waals surface area (Å²) < 4.78 is 5.38. The van der Waals surface area contributed by atoms with Crippen LogP contribution in [0.4, 0.5) is 5.69 Å². The second kappa shape index (κ2) is 9.68. The molecule has 1 aromatic carbocycles. The predicted molar refractivity (Wildman–Crippen MR) is 98.2 cm³/mol. The number of anilines is 1. The van der Waals surface area contributed by atoms with Crippen molar-refractivity contribution in [3.05, 3.63) is 53.7 Å². The highest BCUT2D eigenvalue weighted by Crippen LogP contribution is 2.20. The lowest BCUT2D eigenvalue weighted by atomic mass is 10.2. The van der Waals surface area contributed by atoms with Gasteiger partial charge in [-0.05, 0) is 36.8 Å². The number of carboxylic acids is 1. The van der Waals surface area contributed by atoms with Gasteiger partial charge in [-0.3, -0.25) is 9.59 Å². The minimum absolute atomic E-state index is 0.141. The third-order valence-corrected chi connectivity index (χ3v) is 4.24. The highest BCUT2D eigenvalue weighted by atomic mass is 32.2. The lowest BCUT2D eigenvalue weighted by molar-refractivity contribution is -0.136. The van der Waals surface area contributed by atoms with Crippen LogP contribution in [0.2, 0.25) is 0 Å². The Hall–Kier alpha value is -2.54. The van der Waals surface area contributed by atoms with Gasteiger partial charge in [0.1, 0.15) is 5.56 Å². The van der Waals surface area contributed by atoms with Crippen molar-refractivity contribution in [1.29, 1.82) is 0 Å². The SMILES string of the molecule is CCOc1ncccc1C(=O)Nc1cccc(CSCCC(=O)O)c1. The van der Waals surface area contributed by atoms with Gasteiger partial charge in [0.15, 0.2) is 0 Å². The summed E-state index contributed by atoms with van der Waals surface area (Å²) in [4.78, 5) is 27.1. The number of aliphatic carboxylic acids is 1. The fourth-order valence-electron chi connectivity index (χ4n) is 2.10. The standard InChI is InChI=1S/C18H20N2O4S/c1-2-24-18-15(7-4-9-19-18)17(23)20-14-6-3-5-13(11-14)12-25-10-8-16(21)22/h3-7,9,11H,2,8,10,12H2,1H3,(H,20,23)(H,21,22). The van der Waals surface area contributed by atoms with E-state index in [4.69, 9.17) is 9.84 Å². The Morgan fingerprint density at radius 2 is 2.12 bits per heavy atom. The Kier molecular flexibility index (Phi) is 7.28. The van der Waals surface area contributed by atoms with Gasteiger partial charge < -0.3 is 15.2 Å². The fourth-order valence-corrected chi connectivity index (χ4v) is 2.98. The number of carbonyl (C=O) groups excluding carboxylic acids is 1. The monoisotopic (exact) mass is 360 g/mol. The average Bonchev–Trinajstić information content (AvgIpc) is 2.60. The first-order valence-corrected chi connectivity index (χ1v) is 9.03. The van der Waals surface area contributed by atoms with Gasteiger partial charge in [-0.25, -0.2) is 4.98 Å². The van der Waals surface area contributed by atoms with E-state index in [1.807, 2.05) is 25.1 Å². The van der Waals surface area contributed by atoms with Crippen molar-refractivity contribution >= 4 is 29.3 Å². The quantitative estimate of drug-likeness (QED) is 0.666. The zero-order valence-corrected chi connectivity index (χ0v) is 14.7. The molecule has 1 heterocycles. The molecule has 0 unspecified atom stereocenters. The summed E-state index contributed by atoms with van der Waals surface area (Å²) in [6.45, 7) is 2.27. The number of thioether (sulfide) groups is 1. The number of ether oxygens (including phenoxy) is 1. The summed E-state index contributed by atoms with van der Waals surface area (Å²) in [6, 6.07) is 10.8. The number of benzene rings is 1. The molecule has 0 bridgehead atoms. The van der Waals surface area contributed by atoms with Crippen LogP contribution in [-0.2, 0) is 10.5 Å². The molecule has 0 aliphatic heterocycles. The molecule has 2 rings (SSSR count). The van der Waals surface area contributed by atoms with Gasteiger partial charge in [0.25, 0.3) is 5.91 Å². The van der Waals surface area contributed by atoms with E-state index in [1.54, 1.807) is 36.2 Å². The third kappa shape index (κ3) is 6.11. The number of rotatable bonds is 9. The van der Waals surface area contributed by atoms with Crippen LogP contribution in [0.5, 0.6) is 5.88 Å². The number of hydrogen-bond acceptors (Lipinski definition) is 5. The number of pyridine rings is 1. The van der Waals surface area contributed by atoms with Crippen molar-refractivity contribution in [2.24, 2.45) is 0 Å². The van der Waals surface area contributed by atoms with Crippen LogP contribution >= 0.6 is 11.8 Å². The number of carboxylic acid groups (broad SMARTS) is 1. The Bertz CT molecular complexity index is 737. The summed E-state index contributed by atoms with van der Waals surface area (Å²) in [5.74, 6) is 0.470. The zero-order valence-electron chi connectivity index (χ0n) is 13.9. The van der Waals surface area contributed by atoms with E-state index < -0.39 is 5.97 Å². The van der Waals surface area contributed by atoms with E-state index >= 15 is 0 Å². The normalized spacial score (nSPS) is 10.3. The smallest absolute Gasteiger partial charge is 0.304 e. The Labute approximate surface area is 150 Å². The van der Waals surface area contributed by atoms with E-state index in [0.717, 1.165) is 5.56 Å². The van der Waals surface area contributed by atoms with Crippen molar-refractivity contribution in [3.8, 4) is 5.88 Å². The predicted octanol–water partition coefficient (Wildman–Crippen LogP) is 3.44. The van der Waals surface area contributed by atoms with Crippen molar-refractivity contribution < 1.29 is 19.4 Å². The minimum Gasteiger partial charge on any atom is -0.481 e. The molecule has 0 atom stereocenters. The maximum Gasteiger partial charge on any atom is 0.304 e. The summed E-state index contributed by atoms with van der Waals surface area (Å²) >= 11 is 1.54. The minimum atomic E-state index is -0.796. The van der Waals surface area contributed by atoms with Gasteiger partial charge in [-0.2, -0.15) is 11.8 Å². The highest BCUT2D eigenvalue weighted by Gasteiger charge is 2.13. The molecule has 1 amide bonds. The number of nitrogens with zero attached hydrogens (tertiary/aromatic N) is 1. The van der Waals surface area contributed by atoms with E-state index in [-0.39, 0.29) is 12.3 Å². The number of carbonyl (C=O) groups is 2. The van der Waals surface area contributed by atoms with Gasteiger partial charge in [0, 0.05) is 23.4 Å². The fraction of sp³-hybridized carbons (Fsp3) is 0.278. The molecule has 0 radical (unpaired) electrons. The summed E-state index contributed by atoms with van der Waals surface area (Å²) in [5.41, 5.74) is 2.07. The molecule has 0 aliphatic carbocycles. The second-order valence-corrected chi connectivity index (χ2v) is 6.25. The first kappa shape index (κ1) is 18.8. The van der Waals surface area contributed by atoms with Gasteiger partial charge >= 0.3 is 5.97 Å². The Morgan fingerprint density at radius 3 is 2.88 bits per heavy atom. The molecular formula is C18H20N2O4S. The lowest BCUT2D eigenvalue weighted by Crippen LogP contribution is -2.14. The number of hydrogen-bond donors (Lipinski definition) is 2. The van der Waals surface area contributed by atoms with Crippen LogP contribution < -0.4 is 10.1 Å². The average molecular weight is 360 g/mol. The van der Waals surface area contributed by atoms with Crippen LogP contribution in [0.15, 0.2) is 42.6 Å². The summed E-state index contributed by atoms with van der Waals surface area (Å²) in [7, 11) is 0. The van der Waals surface area contributed by atoms with Gasteiger partial charge in [-0.1, -0.05) is 12.1 Å². The molecule has 1 aromatic heterocycles. The van der Waals surface area contributed by atoms with E-state index in [0.29, 0.717) is 35.2 Å². The van der Waals surface area contributed by atoms with Crippen LogP contribution in [0.3, 0.4) is 0 Å². The van der Waals surface area contributed by atoms with Crippen LogP contribution in [0, 0.1) is 0 Å². The van der Waals surface area contributed by atoms with Crippen LogP contribution in [-0.4, -0.2) is 34.3 Å². The molecule has 0 saturated heterocycles. The molecule has 0 spiro atoms.